The molecule has 0 atom stereocenters. The first-order chi connectivity index (χ1) is 11.6. The summed E-state index contributed by atoms with van der Waals surface area (Å²) in [6, 6.07) is 7.55. The van der Waals surface area contributed by atoms with E-state index in [1.165, 1.54) is 12.1 Å². The van der Waals surface area contributed by atoms with E-state index in [4.69, 9.17) is 23.2 Å². The van der Waals surface area contributed by atoms with Gasteiger partial charge in [0.25, 0.3) is 15.7 Å². The molecule has 0 aliphatic heterocycles. The van der Waals surface area contributed by atoms with Gasteiger partial charge in [-0.3, -0.25) is 19.2 Å². The fourth-order valence-corrected chi connectivity index (χ4v) is 3.95. The number of sulfonamides is 1. The topological polar surface area (TPSA) is 97.6 Å². The first kappa shape index (κ1) is 19.1. The number of benzene rings is 2. The van der Waals surface area contributed by atoms with Crippen molar-refractivity contribution in [2.24, 2.45) is 0 Å². The maximum Gasteiger partial charge on any atom is 0.289 e. The minimum absolute atomic E-state index is 0.168. The number of nitrogens with zero attached hydrogens (tertiary/aromatic N) is 2. The largest absolute Gasteiger partial charge is 0.289 e. The first-order valence-electron chi connectivity index (χ1n) is 6.54. The van der Waals surface area contributed by atoms with Crippen LogP contribution < -0.4 is 4.31 Å². The third kappa shape index (κ3) is 4.06. The number of nitro benzene ring substituents is 1. The zero-order valence-corrected chi connectivity index (χ0v) is 14.6. The summed E-state index contributed by atoms with van der Waals surface area (Å²) in [5.41, 5.74) is -0.846. The van der Waals surface area contributed by atoms with Gasteiger partial charge in [-0.1, -0.05) is 23.7 Å². The van der Waals surface area contributed by atoms with Crippen LogP contribution in [0.3, 0.4) is 0 Å². The molecule has 0 amide bonds. The lowest BCUT2D eigenvalue weighted by Crippen LogP contribution is -2.35. The molecule has 25 heavy (non-hydrogen) atoms. The van der Waals surface area contributed by atoms with Crippen molar-refractivity contribution in [2.75, 3.05) is 10.8 Å². The Kier molecular flexibility index (Phi) is 5.61. The lowest BCUT2D eigenvalue weighted by atomic mass is 10.3. The lowest BCUT2D eigenvalue weighted by Gasteiger charge is -2.23. The Labute approximate surface area is 151 Å². The van der Waals surface area contributed by atoms with Crippen molar-refractivity contribution in [3.05, 3.63) is 63.4 Å². The number of nitro groups is 1. The Morgan fingerprint density at radius 2 is 1.88 bits per heavy atom. The van der Waals surface area contributed by atoms with Crippen LogP contribution in [-0.4, -0.2) is 25.1 Å². The van der Waals surface area contributed by atoms with Crippen molar-refractivity contribution < 1.29 is 22.5 Å². The third-order valence-electron chi connectivity index (χ3n) is 3.09. The first-order valence-corrected chi connectivity index (χ1v) is 8.73. The number of anilines is 1. The maximum atomic E-state index is 13.3. The monoisotopic (exact) mass is 406 g/mol. The molecular formula is C14H9Cl2FN2O5S. The highest BCUT2D eigenvalue weighted by Crippen LogP contribution is 2.31. The van der Waals surface area contributed by atoms with Gasteiger partial charge in [0, 0.05) is 6.07 Å². The molecule has 0 spiro atoms. The fraction of sp³-hybridized carbons (Fsp3) is 0.0714. The van der Waals surface area contributed by atoms with Crippen LogP contribution in [0.25, 0.3) is 0 Å². The summed E-state index contributed by atoms with van der Waals surface area (Å²) >= 11 is 11.0. The van der Waals surface area contributed by atoms with Crippen LogP contribution in [-0.2, 0) is 14.8 Å². The summed E-state index contributed by atoms with van der Waals surface area (Å²) in [5.74, 6) is -0.800. The average molecular weight is 407 g/mol. The Bertz CT molecular complexity index is 952. The molecule has 0 heterocycles. The molecule has 7 nitrogen and oxygen atoms in total. The molecule has 0 aliphatic carbocycles. The van der Waals surface area contributed by atoms with Gasteiger partial charge in [0.15, 0.2) is 4.90 Å². The molecule has 0 N–H and O–H groups in total. The molecule has 0 saturated carbocycles. The Morgan fingerprint density at radius 3 is 2.44 bits per heavy atom. The molecule has 2 aromatic rings. The second-order valence-corrected chi connectivity index (χ2v) is 7.35. The summed E-state index contributed by atoms with van der Waals surface area (Å²) in [5, 5.41) is 9.68. The zero-order chi connectivity index (χ0) is 18.8. The van der Waals surface area contributed by atoms with Gasteiger partial charge < -0.3 is 0 Å². The quantitative estimate of drug-likeness (QED) is 0.416. The summed E-state index contributed by atoms with van der Waals surface area (Å²) in [7, 11) is -4.55. The number of rotatable bonds is 6. The van der Waals surface area contributed by atoms with E-state index in [2.05, 4.69) is 0 Å². The van der Waals surface area contributed by atoms with Gasteiger partial charge >= 0.3 is 0 Å². The minimum atomic E-state index is -4.55. The van der Waals surface area contributed by atoms with Gasteiger partial charge in [-0.05, 0) is 35.9 Å². The predicted molar refractivity (Wildman–Crippen MR) is 89.9 cm³/mol. The number of hydrogen-bond donors (Lipinski definition) is 0. The normalized spacial score (nSPS) is 11.2. The van der Waals surface area contributed by atoms with Crippen LogP contribution in [0.5, 0.6) is 0 Å². The highest BCUT2D eigenvalue weighted by molar-refractivity contribution is 7.93. The number of carbonyl (C=O) groups excluding carboxylic acids is 1. The number of carbonyl (C=O) groups is 1. The van der Waals surface area contributed by atoms with E-state index < -0.39 is 43.1 Å². The third-order valence-corrected chi connectivity index (χ3v) is 5.32. The SMILES string of the molecule is O=C(Cl)CN(c1ccc(F)c(Cl)c1)S(=O)(=O)c1ccccc1[N+](=O)[O-]. The minimum Gasteiger partial charge on any atom is -0.279 e. The van der Waals surface area contributed by atoms with Gasteiger partial charge in [0.2, 0.25) is 5.24 Å². The molecule has 11 heteroatoms. The van der Waals surface area contributed by atoms with Crippen molar-refractivity contribution in [3.63, 3.8) is 0 Å². The number of para-hydroxylation sites is 1. The van der Waals surface area contributed by atoms with Crippen molar-refractivity contribution in [3.8, 4) is 0 Å². The molecule has 0 aliphatic rings. The number of hydrogen-bond acceptors (Lipinski definition) is 5. The molecule has 132 valence electrons. The Balaban J connectivity index is 2.67. The van der Waals surface area contributed by atoms with E-state index in [0.717, 1.165) is 30.3 Å². The van der Waals surface area contributed by atoms with Crippen LogP contribution >= 0.6 is 23.2 Å². The molecule has 2 aromatic carbocycles. The summed E-state index contributed by atoms with van der Waals surface area (Å²) in [6.07, 6.45) is 0. The van der Waals surface area contributed by atoms with E-state index in [-0.39, 0.29) is 10.7 Å². The number of halogens is 3. The molecule has 0 bridgehead atoms. The van der Waals surface area contributed by atoms with Crippen molar-refractivity contribution in [2.45, 2.75) is 4.90 Å². The molecule has 0 saturated heterocycles. The smallest absolute Gasteiger partial charge is 0.279 e. The van der Waals surface area contributed by atoms with Crippen LogP contribution in [0.1, 0.15) is 0 Å². The molecular weight excluding hydrogens is 398 g/mol. The van der Waals surface area contributed by atoms with Crippen molar-refractivity contribution in [1.82, 2.24) is 0 Å². The van der Waals surface area contributed by atoms with Gasteiger partial charge in [0.1, 0.15) is 12.4 Å². The summed E-state index contributed by atoms with van der Waals surface area (Å²) < 4.78 is 39.6. The van der Waals surface area contributed by atoms with Gasteiger partial charge in [-0.25, -0.2) is 12.8 Å². The maximum absolute atomic E-state index is 13.3. The average Bonchev–Trinajstić information content (AvgIpc) is 2.55. The molecule has 0 unspecified atom stereocenters. The van der Waals surface area contributed by atoms with E-state index in [1.807, 2.05) is 0 Å². The van der Waals surface area contributed by atoms with E-state index in [1.54, 1.807) is 0 Å². The molecule has 0 fully saturated rings. The second-order valence-electron chi connectivity index (χ2n) is 4.69. The fourth-order valence-electron chi connectivity index (χ4n) is 2.01. The van der Waals surface area contributed by atoms with Gasteiger partial charge in [0.05, 0.1) is 15.6 Å². The Hall–Kier alpha value is -2.23. The van der Waals surface area contributed by atoms with E-state index >= 15 is 0 Å². The Morgan fingerprint density at radius 1 is 1.24 bits per heavy atom. The second kappa shape index (κ2) is 7.34. The highest BCUT2D eigenvalue weighted by atomic mass is 35.5. The summed E-state index contributed by atoms with van der Waals surface area (Å²) in [4.78, 5) is 20.9. The molecule has 2 rings (SSSR count). The van der Waals surface area contributed by atoms with Crippen molar-refractivity contribution >= 4 is 49.8 Å². The van der Waals surface area contributed by atoms with Crippen LogP contribution in [0, 0.1) is 15.9 Å². The summed E-state index contributed by atoms with van der Waals surface area (Å²) in [6.45, 7) is -0.822. The standard InChI is InChI=1S/C14H9Cl2FN2O5S/c15-10-7-9(5-6-11(10)17)18(8-14(16)20)25(23,24)13-4-2-1-3-12(13)19(21)22/h1-7H,8H2. The molecule has 0 aromatic heterocycles. The zero-order valence-electron chi connectivity index (χ0n) is 12.2. The van der Waals surface area contributed by atoms with Crippen LogP contribution in [0.2, 0.25) is 5.02 Å². The van der Waals surface area contributed by atoms with Crippen LogP contribution in [0.4, 0.5) is 15.8 Å². The van der Waals surface area contributed by atoms with Crippen molar-refractivity contribution in [1.29, 1.82) is 0 Å². The lowest BCUT2D eigenvalue weighted by molar-refractivity contribution is -0.387. The van der Waals surface area contributed by atoms with Gasteiger partial charge in [-0.2, -0.15) is 0 Å². The predicted octanol–water partition coefficient (Wildman–Crippen LogP) is 3.35. The van der Waals surface area contributed by atoms with E-state index in [0.29, 0.717) is 4.31 Å². The van der Waals surface area contributed by atoms with Crippen LogP contribution in [0.15, 0.2) is 47.4 Å². The highest BCUT2D eigenvalue weighted by Gasteiger charge is 2.33. The van der Waals surface area contributed by atoms with Gasteiger partial charge in [-0.15, -0.1) is 0 Å². The van der Waals surface area contributed by atoms with E-state index in [9.17, 15) is 27.7 Å². The molecule has 0 radical (unpaired) electrons.